The van der Waals surface area contributed by atoms with Crippen molar-refractivity contribution in [1.29, 1.82) is 0 Å². The van der Waals surface area contributed by atoms with Crippen molar-refractivity contribution in [3.05, 3.63) is 36.0 Å². The molecular weight excluding hydrogens is 396 g/mol. The lowest BCUT2D eigenvalue weighted by Crippen LogP contribution is -2.39. The minimum Gasteiger partial charge on any atom is -0.443 e. The average molecular weight is 429 g/mol. The summed E-state index contributed by atoms with van der Waals surface area (Å²) in [5.41, 5.74) is 0.779. The van der Waals surface area contributed by atoms with Crippen LogP contribution in [0.4, 0.5) is 16.2 Å². The molecule has 0 unspecified atom stereocenters. The van der Waals surface area contributed by atoms with E-state index < -0.39 is 11.7 Å². The summed E-state index contributed by atoms with van der Waals surface area (Å²) < 4.78 is 10.9. The molecular formula is C23H32N4O4. The predicted octanol–water partition coefficient (Wildman–Crippen LogP) is 4.55. The van der Waals surface area contributed by atoms with Gasteiger partial charge in [0, 0.05) is 31.8 Å². The fraction of sp³-hybridized carbons (Fsp3) is 0.565. The highest BCUT2D eigenvalue weighted by Crippen LogP contribution is 2.35. The summed E-state index contributed by atoms with van der Waals surface area (Å²) >= 11 is 0. The number of para-hydroxylation sites is 2. The molecule has 1 aromatic heterocycles. The van der Waals surface area contributed by atoms with Gasteiger partial charge in [0.2, 0.25) is 11.8 Å². The number of rotatable bonds is 4. The Bertz CT molecular complexity index is 932. The van der Waals surface area contributed by atoms with Crippen molar-refractivity contribution in [3.63, 3.8) is 0 Å². The van der Waals surface area contributed by atoms with Crippen molar-refractivity contribution in [3.8, 4) is 0 Å². The third kappa shape index (κ3) is 5.62. The van der Waals surface area contributed by atoms with E-state index in [4.69, 9.17) is 9.26 Å². The molecule has 1 aromatic carbocycles. The molecule has 2 amide bonds. The standard InChI is InChI=1S/C23H32N4O4/c1-15(2)21-24-19(31-25-21)11-12-20(28)26-13-16(3)14-27(22(29)30-23(4,5)6)18-10-8-7-9-17(18)26/h7-10,15-16H,11-14H2,1-6H3/t16-/m0/s1. The Kier molecular flexibility index (Phi) is 6.67. The van der Waals surface area contributed by atoms with Crippen molar-refractivity contribution in [2.75, 3.05) is 22.9 Å². The van der Waals surface area contributed by atoms with Gasteiger partial charge in [-0.25, -0.2) is 4.79 Å². The lowest BCUT2D eigenvalue weighted by Gasteiger charge is -2.28. The second-order valence-corrected chi connectivity index (χ2v) is 9.39. The number of fused-ring (bicyclic) bond motifs is 1. The van der Waals surface area contributed by atoms with E-state index in [0.29, 0.717) is 42.6 Å². The van der Waals surface area contributed by atoms with E-state index in [0.717, 1.165) is 0 Å². The van der Waals surface area contributed by atoms with Crippen LogP contribution in [0.3, 0.4) is 0 Å². The number of anilines is 2. The van der Waals surface area contributed by atoms with Crippen LogP contribution < -0.4 is 9.80 Å². The first-order valence-corrected chi connectivity index (χ1v) is 10.8. The Balaban J connectivity index is 1.81. The van der Waals surface area contributed by atoms with Gasteiger partial charge < -0.3 is 14.2 Å². The summed E-state index contributed by atoms with van der Waals surface area (Å²) in [4.78, 5) is 33.8. The smallest absolute Gasteiger partial charge is 0.414 e. The van der Waals surface area contributed by atoms with Crippen molar-refractivity contribution in [2.24, 2.45) is 5.92 Å². The third-order valence-electron chi connectivity index (χ3n) is 4.92. The third-order valence-corrected chi connectivity index (χ3v) is 4.92. The number of carbonyl (C=O) groups excluding carboxylic acids is 2. The first kappa shape index (κ1) is 22.8. The normalized spacial score (nSPS) is 16.8. The molecule has 2 heterocycles. The number of hydrogen-bond acceptors (Lipinski definition) is 6. The summed E-state index contributed by atoms with van der Waals surface area (Å²) in [5, 5.41) is 3.96. The van der Waals surface area contributed by atoms with Crippen LogP contribution in [0.2, 0.25) is 0 Å². The maximum atomic E-state index is 13.2. The predicted molar refractivity (Wildman–Crippen MR) is 118 cm³/mol. The van der Waals surface area contributed by atoms with Gasteiger partial charge in [-0.2, -0.15) is 4.98 Å². The molecule has 0 saturated heterocycles. The minimum atomic E-state index is -0.601. The fourth-order valence-corrected chi connectivity index (χ4v) is 3.48. The quantitative estimate of drug-likeness (QED) is 0.710. The van der Waals surface area contributed by atoms with Gasteiger partial charge in [-0.15, -0.1) is 0 Å². The molecule has 3 rings (SSSR count). The van der Waals surface area contributed by atoms with E-state index in [9.17, 15) is 9.59 Å². The van der Waals surface area contributed by atoms with E-state index in [2.05, 4.69) is 10.1 Å². The molecule has 31 heavy (non-hydrogen) atoms. The summed E-state index contributed by atoms with van der Waals surface area (Å²) in [6.07, 6.45) is 0.211. The molecule has 0 saturated carbocycles. The van der Waals surface area contributed by atoms with E-state index in [1.807, 2.05) is 65.8 Å². The first-order chi connectivity index (χ1) is 14.5. The van der Waals surface area contributed by atoms with Crippen LogP contribution in [0.15, 0.2) is 28.8 Å². The van der Waals surface area contributed by atoms with Crippen molar-refractivity contribution < 1.29 is 18.8 Å². The molecule has 0 radical (unpaired) electrons. The Morgan fingerprint density at radius 1 is 1.16 bits per heavy atom. The van der Waals surface area contributed by atoms with Crippen LogP contribution in [-0.4, -0.2) is 40.8 Å². The molecule has 1 atom stereocenters. The van der Waals surface area contributed by atoms with Crippen molar-refractivity contribution >= 4 is 23.4 Å². The number of amides is 2. The number of aromatic nitrogens is 2. The number of aryl methyl sites for hydroxylation is 1. The molecule has 1 aliphatic rings. The van der Waals surface area contributed by atoms with Gasteiger partial charge >= 0.3 is 6.09 Å². The van der Waals surface area contributed by atoms with Crippen LogP contribution in [0.5, 0.6) is 0 Å². The van der Waals surface area contributed by atoms with Crippen LogP contribution >= 0.6 is 0 Å². The van der Waals surface area contributed by atoms with Gasteiger partial charge in [-0.3, -0.25) is 9.69 Å². The molecule has 168 valence electrons. The largest absolute Gasteiger partial charge is 0.443 e. The van der Waals surface area contributed by atoms with Gasteiger partial charge in [-0.05, 0) is 38.8 Å². The highest BCUT2D eigenvalue weighted by atomic mass is 16.6. The van der Waals surface area contributed by atoms with Gasteiger partial charge in [-0.1, -0.05) is 38.1 Å². The second kappa shape index (κ2) is 9.08. The Morgan fingerprint density at radius 2 is 1.77 bits per heavy atom. The Labute approximate surface area is 183 Å². The van der Waals surface area contributed by atoms with E-state index in [1.165, 1.54) is 0 Å². The van der Waals surface area contributed by atoms with E-state index in [-0.39, 0.29) is 24.2 Å². The highest BCUT2D eigenvalue weighted by molar-refractivity contribution is 6.01. The van der Waals surface area contributed by atoms with Crippen LogP contribution in [0.25, 0.3) is 0 Å². The van der Waals surface area contributed by atoms with Crippen molar-refractivity contribution in [2.45, 2.75) is 65.9 Å². The Hall–Kier alpha value is -2.90. The average Bonchev–Trinajstić information content (AvgIpc) is 3.11. The molecule has 1 aliphatic heterocycles. The molecule has 0 spiro atoms. The SMILES string of the molecule is CC(C)c1noc(CCC(=O)N2C[C@H](C)CN(C(=O)OC(C)(C)C)c3ccccc32)n1. The number of carbonyl (C=O) groups is 2. The van der Waals surface area contributed by atoms with Crippen LogP contribution in [-0.2, 0) is 16.0 Å². The van der Waals surface area contributed by atoms with Gasteiger partial charge in [0.25, 0.3) is 0 Å². The molecule has 8 heteroatoms. The minimum absolute atomic E-state index is 0.0466. The second-order valence-electron chi connectivity index (χ2n) is 9.39. The van der Waals surface area contributed by atoms with Gasteiger partial charge in [0.1, 0.15) is 5.60 Å². The lowest BCUT2D eigenvalue weighted by atomic mass is 10.1. The zero-order valence-electron chi connectivity index (χ0n) is 19.2. The van der Waals surface area contributed by atoms with Crippen LogP contribution in [0.1, 0.15) is 65.6 Å². The molecule has 2 aromatic rings. The van der Waals surface area contributed by atoms with Gasteiger partial charge in [0.05, 0.1) is 11.4 Å². The number of nitrogens with zero attached hydrogens (tertiary/aromatic N) is 4. The monoisotopic (exact) mass is 428 g/mol. The number of benzene rings is 1. The maximum absolute atomic E-state index is 13.2. The summed E-state index contributed by atoms with van der Waals surface area (Å²) in [5.74, 6) is 1.30. The topological polar surface area (TPSA) is 88.8 Å². The molecule has 8 nitrogen and oxygen atoms in total. The summed E-state index contributed by atoms with van der Waals surface area (Å²) in [6, 6.07) is 7.45. The summed E-state index contributed by atoms with van der Waals surface area (Å²) in [6.45, 7) is 12.5. The zero-order chi connectivity index (χ0) is 22.8. The number of hydrogen-bond donors (Lipinski definition) is 0. The lowest BCUT2D eigenvalue weighted by molar-refractivity contribution is -0.118. The van der Waals surface area contributed by atoms with Gasteiger partial charge in [0.15, 0.2) is 5.82 Å². The van der Waals surface area contributed by atoms with E-state index in [1.54, 1.807) is 9.80 Å². The molecule has 0 N–H and O–H groups in total. The molecule has 0 bridgehead atoms. The number of ether oxygens (including phenoxy) is 1. The van der Waals surface area contributed by atoms with Crippen LogP contribution in [0, 0.1) is 5.92 Å². The maximum Gasteiger partial charge on any atom is 0.414 e. The zero-order valence-corrected chi connectivity index (χ0v) is 19.2. The Morgan fingerprint density at radius 3 is 2.35 bits per heavy atom. The van der Waals surface area contributed by atoms with Crippen molar-refractivity contribution in [1.82, 2.24) is 10.1 Å². The first-order valence-electron chi connectivity index (χ1n) is 10.8. The molecule has 0 aliphatic carbocycles. The highest BCUT2D eigenvalue weighted by Gasteiger charge is 2.33. The molecule has 0 fully saturated rings. The fourth-order valence-electron chi connectivity index (χ4n) is 3.48. The van der Waals surface area contributed by atoms with E-state index >= 15 is 0 Å². The summed E-state index contributed by atoms with van der Waals surface area (Å²) in [7, 11) is 0.